The van der Waals surface area contributed by atoms with Crippen molar-refractivity contribution in [2.45, 2.75) is 19.5 Å². The lowest BCUT2D eigenvalue weighted by Crippen LogP contribution is -2.23. The highest BCUT2D eigenvalue weighted by atomic mass is 35.5. The van der Waals surface area contributed by atoms with Gasteiger partial charge in [-0.05, 0) is 21.0 Å². The lowest BCUT2D eigenvalue weighted by atomic mass is 10.1. The summed E-state index contributed by atoms with van der Waals surface area (Å²) >= 11 is 6.26. The maximum absolute atomic E-state index is 6.37. The molecular formula is C13H21ClN6. The molecule has 0 bridgehead atoms. The molecule has 0 radical (unpaired) electrons. The highest BCUT2D eigenvalue weighted by Crippen LogP contribution is 2.27. The van der Waals surface area contributed by atoms with E-state index in [0.29, 0.717) is 5.02 Å². The molecule has 2 aromatic rings. The second-order valence-corrected chi connectivity index (χ2v) is 5.63. The van der Waals surface area contributed by atoms with Gasteiger partial charge in [0.2, 0.25) is 0 Å². The van der Waals surface area contributed by atoms with Crippen molar-refractivity contribution >= 4 is 11.6 Å². The van der Waals surface area contributed by atoms with Crippen molar-refractivity contribution in [3.8, 4) is 0 Å². The Bertz CT molecular complexity index is 586. The number of aromatic nitrogens is 4. The maximum Gasteiger partial charge on any atom is 0.0837 e. The van der Waals surface area contributed by atoms with Crippen molar-refractivity contribution < 1.29 is 0 Å². The van der Waals surface area contributed by atoms with E-state index in [1.165, 1.54) is 0 Å². The predicted molar refractivity (Wildman–Crippen MR) is 79.8 cm³/mol. The summed E-state index contributed by atoms with van der Waals surface area (Å²) in [5.41, 5.74) is 9.09. The van der Waals surface area contributed by atoms with Crippen molar-refractivity contribution in [1.82, 2.24) is 24.5 Å². The number of nitrogens with two attached hydrogens (primary N) is 1. The van der Waals surface area contributed by atoms with Crippen LogP contribution in [-0.2, 0) is 13.6 Å². The van der Waals surface area contributed by atoms with Crippen molar-refractivity contribution in [1.29, 1.82) is 0 Å². The van der Waals surface area contributed by atoms with Gasteiger partial charge in [0, 0.05) is 25.4 Å². The minimum absolute atomic E-state index is 0.319. The average Bonchev–Trinajstić information content (AvgIpc) is 2.89. The van der Waals surface area contributed by atoms with Crippen LogP contribution in [-0.4, -0.2) is 45.1 Å². The maximum atomic E-state index is 6.37. The molecule has 110 valence electrons. The Morgan fingerprint density at radius 1 is 1.45 bits per heavy atom. The first kappa shape index (κ1) is 15.0. The number of hydrogen-bond acceptors (Lipinski definition) is 4. The van der Waals surface area contributed by atoms with Gasteiger partial charge in [0.15, 0.2) is 0 Å². The SMILES string of the molecule is Cc1nn(C)cc1C(N)c1c(Cl)cnn1CCN(C)C. The quantitative estimate of drug-likeness (QED) is 0.900. The van der Waals surface area contributed by atoms with Crippen LogP contribution in [0.4, 0.5) is 0 Å². The summed E-state index contributed by atoms with van der Waals surface area (Å²) in [6.07, 6.45) is 3.58. The second-order valence-electron chi connectivity index (χ2n) is 5.23. The van der Waals surface area contributed by atoms with E-state index in [-0.39, 0.29) is 6.04 Å². The van der Waals surface area contributed by atoms with E-state index in [1.807, 2.05) is 38.9 Å². The van der Waals surface area contributed by atoms with Gasteiger partial charge in [-0.25, -0.2) is 0 Å². The Morgan fingerprint density at radius 2 is 2.15 bits per heavy atom. The topological polar surface area (TPSA) is 64.9 Å². The molecule has 2 N–H and O–H groups in total. The molecule has 1 atom stereocenters. The van der Waals surface area contributed by atoms with Gasteiger partial charge in [-0.15, -0.1) is 0 Å². The Balaban J connectivity index is 2.31. The van der Waals surface area contributed by atoms with Crippen LogP contribution in [0.3, 0.4) is 0 Å². The van der Waals surface area contributed by atoms with Crippen molar-refractivity contribution in [3.63, 3.8) is 0 Å². The molecule has 2 aromatic heterocycles. The van der Waals surface area contributed by atoms with Gasteiger partial charge in [-0.1, -0.05) is 11.6 Å². The van der Waals surface area contributed by atoms with E-state index >= 15 is 0 Å². The number of nitrogens with zero attached hydrogens (tertiary/aromatic N) is 5. The highest BCUT2D eigenvalue weighted by molar-refractivity contribution is 6.31. The van der Waals surface area contributed by atoms with E-state index in [2.05, 4.69) is 15.1 Å². The zero-order valence-corrected chi connectivity index (χ0v) is 13.1. The monoisotopic (exact) mass is 296 g/mol. The Morgan fingerprint density at radius 3 is 2.70 bits per heavy atom. The molecular weight excluding hydrogens is 276 g/mol. The van der Waals surface area contributed by atoms with Gasteiger partial charge in [-0.3, -0.25) is 9.36 Å². The standard InChI is InChI=1S/C13H21ClN6/c1-9-10(8-19(4)17-9)12(15)13-11(14)7-16-20(13)6-5-18(2)3/h7-8,12H,5-6,15H2,1-4H3. The van der Waals surface area contributed by atoms with Gasteiger partial charge in [0.25, 0.3) is 0 Å². The largest absolute Gasteiger partial charge is 0.319 e. The summed E-state index contributed by atoms with van der Waals surface area (Å²) in [5.74, 6) is 0. The second kappa shape index (κ2) is 5.95. The van der Waals surface area contributed by atoms with Gasteiger partial charge in [-0.2, -0.15) is 10.2 Å². The van der Waals surface area contributed by atoms with Crippen molar-refractivity contribution in [2.75, 3.05) is 20.6 Å². The molecule has 0 aliphatic carbocycles. The molecule has 0 saturated heterocycles. The molecule has 0 aromatic carbocycles. The summed E-state index contributed by atoms with van der Waals surface area (Å²) in [4.78, 5) is 2.10. The molecule has 0 fully saturated rings. The number of likely N-dealkylation sites (N-methyl/N-ethyl adjacent to an activating group) is 1. The fourth-order valence-electron chi connectivity index (χ4n) is 2.22. The summed E-state index contributed by atoms with van der Waals surface area (Å²) in [6, 6.07) is -0.319. The first-order chi connectivity index (χ1) is 9.40. The fourth-order valence-corrected chi connectivity index (χ4v) is 2.48. The fraction of sp³-hybridized carbons (Fsp3) is 0.538. The zero-order valence-electron chi connectivity index (χ0n) is 12.3. The molecule has 20 heavy (non-hydrogen) atoms. The van der Waals surface area contributed by atoms with Gasteiger partial charge < -0.3 is 10.6 Å². The molecule has 0 aliphatic rings. The molecule has 2 heterocycles. The van der Waals surface area contributed by atoms with Gasteiger partial charge in [0.1, 0.15) is 0 Å². The Kier molecular flexibility index (Phi) is 4.47. The first-order valence-corrected chi connectivity index (χ1v) is 6.89. The third-order valence-corrected chi connectivity index (χ3v) is 3.56. The summed E-state index contributed by atoms with van der Waals surface area (Å²) in [7, 11) is 5.93. The molecule has 0 aliphatic heterocycles. The molecule has 0 amide bonds. The molecule has 6 nitrogen and oxygen atoms in total. The normalized spacial score (nSPS) is 13.2. The van der Waals surface area contributed by atoms with Crippen LogP contribution in [0.25, 0.3) is 0 Å². The number of hydrogen-bond donors (Lipinski definition) is 1. The van der Waals surface area contributed by atoms with Crippen LogP contribution in [0.1, 0.15) is 23.0 Å². The van der Waals surface area contributed by atoms with Crippen LogP contribution in [0.2, 0.25) is 5.02 Å². The molecule has 2 rings (SSSR count). The van der Waals surface area contributed by atoms with Crippen LogP contribution >= 0.6 is 11.6 Å². The molecule has 7 heteroatoms. The highest BCUT2D eigenvalue weighted by Gasteiger charge is 2.21. The number of halogens is 1. The summed E-state index contributed by atoms with van der Waals surface area (Å²) < 4.78 is 3.64. The molecule has 0 saturated carbocycles. The summed E-state index contributed by atoms with van der Waals surface area (Å²) in [6.45, 7) is 3.58. The minimum Gasteiger partial charge on any atom is -0.319 e. The lowest BCUT2D eigenvalue weighted by Gasteiger charge is -2.16. The van der Waals surface area contributed by atoms with Crippen LogP contribution in [0, 0.1) is 6.92 Å². The number of aryl methyl sites for hydroxylation is 2. The Hall–Kier alpha value is -1.37. The van der Waals surface area contributed by atoms with Gasteiger partial charge in [0.05, 0.1) is 35.2 Å². The van der Waals surface area contributed by atoms with E-state index in [1.54, 1.807) is 10.9 Å². The van der Waals surface area contributed by atoms with E-state index < -0.39 is 0 Å². The van der Waals surface area contributed by atoms with E-state index in [0.717, 1.165) is 30.0 Å². The van der Waals surface area contributed by atoms with Gasteiger partial charge >= 0.3 is 0 Å². The molecule has 0 spiro atoms. The minimum atomic E-state index is -0.319. The Labute approximate surface area is 124 Å². The lowest BCUT2D eigenvalue weighted by molar-refractivity contribution is 0.368. The predicted octanol–water partition coefficient (Wildman–Crippen LogP) is 1.19. The first-order valence-electron chi connectivity index (χ1n) is 6.51. The smallest absolute Gasteiger partial charge is 0.0837 e. The summed E-state index contributed by atoms with van der Waals surface area (Å²) in [5, 5.41) is 9.25. The number of rotatable bonds is 5. The van der Waals surface area contributed by atoms with E-state index in [9.17, 15) is 0 Å². The average molecular weight is 297 g/mol. The zero-order chi connectivity index (χ0) is 14.9. The van der Waals surface area contributed by atoms with E-state index in [4.69, 9.17) is 17.3 Å². The molecule has 1 unspecified atom stereocenters. The third kappa shape index (κ3) is 3.03. The van der Waals surface area contributed by atoms with Crippen LogP contribution in [0.5, 0.6) is 0 Å². The third-order valence-electron chi connectivity index (χ3n) is 3.27. The van der Waals surface area contributed by atoms with Crippen molar-refractivity contribution in [2.24, 2.45) is 12.8 Å². The van der Waals surface area contributed by atoms with Crippen LogP contribution < -0.4 is 5.73 Å². The van der Waals surface area contributed by atoms with Crippen LogP contribution in [0.15, 0.2) is 12.4 Å². The van der Waals surface area contributed by atoms with Crippen molar-refractivity contribution in [3.05, 3.63) is 34.4 Å².